The number of benzene rings is 2. The van der Waals surface area contributed by atoms with Gasteiger partial charge in [0.05, 0.1) is 23.0 Å². The van der Waals surface area contributed by atoms with E-state index in [0.717, 1.165) is 5.56 Å². The Kier molecular flexibility index (Phi) is 4.86. The van der Waals surface area contributed by atoms with Gasteiger partial charge in [0.15, 0.2) is 11.5 Å². The zero-order valence-electron chi connectivity index (χ0n) is 15.1. The number of carbonyl (C=O) groups excluding carboxylic acids is 1. The maximum absolute atomic E-state index is 12.8. The smallest absolute Gasteiger partial charge is 0.272 e. The number of para-hydroxylation sites is 1. The Balaban J connectivity index is 1.66. The molecule has 0 fully saturated rings. The molecule has 7 nitrogen and oxygen atoms in total. The van der Waals surface area contributed by atoms with Crippen molar-refractivity contribution in [3.05, 3.63) is 84.2 Å². The minimum Gasteiger partial charge on any atom is -0.504 e. The molecule has 0 aliphatic rings. The van der Waals surface area contributed by atoms with Gasteiger partial charge in [0.25, 0.3) is 5.91 Å². The second-order valence-corrected chi connectivity index (χ2v) is 6.26. The summed E-state index contributed by atoms with van der Waals surface area (Å²) < 4.78 is 0. The van der Waals surface area contributed by atoms with E-state index in [1.54, 1.807) is 24.5 Å². The maximum Gasteiger partial charge on any atom is 0.272 e. The molecule has 4 aromatic rings. The standard InChI is InChI=1S/C22H16N4O3/c27-20-6-5-14(11-21(20)28)13-24-26-22(29)17-12-19(15-7-9-23-10-8-15)25-18-4-2-1-3-16(17)18/h1-13,27-28H,(H,26,29)/b24-13-. The van der Waals surface area contributed by atoms with Crippen molar-refractivity contribution in [2.75, 3.05) is 0 Å². The first-order valence-electron chi connectivity index (χ1n) is 8.77. The number of phenolic OH excluding ortho intramolecular Hbond substituents is 2. The van der Waals surface area contributed by atoms with Crippen molar-refractivity contribution in [3.63, 3.8) is 0 Å². The highest BCUT2D eigenvalue weighted by molar-refractivity contribution is 6.07. The van der Waals surface area contributed by atoms with Crippen molar-refractivity contribution in [1.82, 2.24) is 15.4 Å². The van der Waals surface area contributed by atoms with Crippen molar-refractivity contribution in [2.24, 2.45) is 5.10 Å². The van der Waals surface area contributed by atoms with E-state index < -0.39 is 5.91 Å². The summed E-state index contributed by atoms with van der Waals surface area (Å²) in [6.07, 6.45) is 4.72. The molecular formula is C22H16N4O3. The molecule has 2 aromatic carbocycles. The number of nitrogens with one attached hydrogen (secondary N) is 1. The SMILES string of the molecule is O=C(N/N=C\c1ccc(O)c(O)c1)c1cc(-c2ccncc2)nc2ccccc12. The van der Waals surface area contributed by atoms with E-state index in [0.29, 0.717) is 27.7 Å². The predicted octanol–water partition coefficient (Wildman–Crippen LogP) is 3.47. The summed E-state index contributed by atoms with van der Waals surface area (Å²) in [4.78, 5) is 21.4. The third-order valence-corrected chi connectivity index (χ3v) is 4.32. The van der Waals surface area contributed by atoms with Gasteiger partial charge in [-0.1, -0.05) is 18.2 Å². The number of hydrogen-bond acceptors (Lipinski definition) is 6. The van der Waals surface area contributed by atoms with Crippen LogP contribution in [0.3, 0.4) is 0 Å². The van der Waals surface area contributed by atoms with Crippen molar-refractivity contribution in [3.8, 4) is 22.8 Å². The van der Waals surface area contributed by atoms with Gasteiger partial charge < -0.3 is 10.2 Å². The molecule has 1 amide bonds. The van der Waals surface area contributed by atoms with E-state index >= 15 is 0 Å². The number of carbonyl (C=O) groups is 1. The summed E-state index contributed by atoms with van der Waals surface area (Å²) in [5.74, 6) is -0.876. The lowest BCUT2D eigenvalue weighted by atomic mass is 10.0. The molecule has 0 spiro atoms. The van der Waals surface area contributed by atoms with Gasteiger partial charge in [-0.3, -0.25) is 9.78 Å². The van der Waals surface area contributed by atoms with E-state index in [4.69, 9.17) is 0 Å². The summed E-state index contributed by atoms with van der Waals surface area (Å²) >= 11 is 0. The molecule has 7 heteroatoms. The second kappa shape index (κ2) is 7.77. The molecule has 29 heavy (non-hydrogen) atoms. The summed E-state index contributed by atoms with van der Waals surface area (Å²) in [5.41, 5.74) is 5.66. The number of pyridine rings is 2. The zero-order chi connectivity index (χ0) is 20.2. The van der Waals surface area contributed by atoms with Crippen molar-refractivity contribution < 1.29 is 15.0 Å². The van der Waals surface area contributed by atoms with Gasteiger partial charge in [0, 0.05) is 23.3 Å². The fraction of sp³-hybridized carbons (Fsp3) is 0. The molecule has 0 bridgehead atoms. The van der Waals surface area contributed by atoms with Crippen LogP contribution in [0.15, 0.2) is 78.2 Å². The number of amides is 1. The molecule has 4 rings (SSSR count). The Morgan fingerprint density at radius 2 is 1.76 bits per heavy atom. The summed E-state index contributed by atoms with van der Waals surface area (Å²) in [7, 11) is 0. The highest BCUT2D eigenvalue weighted by Gasteiger charge is 2.13. The van der Waals surface area contributed by atoms with Crippen LogP contribution in [0.5, 0.6) is 11.5 Å². The summed E-state index contributed by atoms with van der Waals surface area (Å²) in [5, 5.41) is 23.5. The number of nitrogens with zero attached hydrogens (tertiary/aromatic N) is 3. The van der Waals surface area contributed by atoms with Gasteiger partial charge in [-0.2, -0.15) is 5.10 Å². The molecular weight excluding hydrogens is 368 g/mol. The van der Waals surface area contributed by atoms with Gasteiger partial charge in [0.1, 0.15) is 0 Å². The quantitative estimate of drug-likeness (QED) is 0.284. The van der Waals surface area contributed by atoms with Crippen LogP contribution in [-0.2, 0) is 0 Å². The largest absolute Gasteiger partial charge is 0.504 e. The minimum absolute atomic E-state index is 0.224. The highest BCUT2D eigenvalue weighted by atomic mass is 16.3. The minimum atomic E-state index is -0.391. The molecule has 0 aliphatic carbocycles. The Labute approximate surface area is 166 Å². The van der Waals surface area contributed by atoms with Crippen LogP contribution in [0.1, 0.15) is 15.9 Å². The first kappa shape index (κ1) is 18.1. The lowest BCUT2D eigenvalue weighted by molar-refractivity contribution is 0.0956. The van der Waals surface area contributed by atoms with Crippen LogP contribution in [0.2, 0.25) is 0 Å². The first-order chi connectivity index (χ1) is 14.1. The van der Waals surface area contributed by atoms with Gasteiger partial charge in [-0.25, -0.2) is 10.4 Å². The van der Waals surface area contributed by atoms with Crippen LogP contribution in [0.4, 0.5) is 0 Å². The van der Waals surface area contributed by atoms with Gasteiger partial charge >= 0.3 is 0 Å². The molecule has 142 valence electrons. The van der Waals surface area contributed by atoms with Crippen LogP contribution in [0, 0.1) is 0 Å². The normalized spacial score (nSPS) is 11.0. The monoisotopic (exact) mass is 384 g/mol. The third-order valence-electron chi connectivity index (χ3n) is 4.32. The summed E-state index contributed by atoms with van der Waals surface area (Å²) in [6.45, 7) is 0. The van der Waals surface area contributed by atoms with Crippen molar-refractivity contribution in [2.45, 2.75) is 0 Å². The fourth-order valence-corrected chi connectivity index (χ4v) is 2.88. The van der Waals surface area contributed by atoms with Crippen LogP contribution in [0.25, 0.3) is 22.2 Å². The number of hydrogen-bond donors (Lipinski definition) is 3. The number of rotatable bonds is 4. The Morgan fingerprint density at radius 1 is 0.966 bits per heavy atom. The Hall–Kier alpha value is -4.26. The second-order valence-electron chi connectivity index (χ2n) is 6.26. The predicted molar refractivity (Wildman–Crippen MR) is 110 cm³/mol. The van der Waals surface area contributed by atoms with Gasteiger partial charge in [-0.15, -0.1) is 0 Å². The zero-order valence-corrected chi connectivity index (χ0v) is 15.1. The number of aromatic hydroxyl groups is 2. The molecule has 2 aromatic heterocycles. The van der Waals surface area contributed by atoms with Crippen LogP contribution >= 0.6 is 0 Å². The lowest BCUT2D eigenvalue weighted by Gasteiger charge is -2.09. The molecule has 0 saturated carbocycles. The third kappa shape index (κ3) is 3.89. The number of hydrazone groups is 1. The molecule has 0 atom stereocenters. The fourth-order valence-electron chi connectivity index (χ4n) is 2.88. The van der Waals surface area contributed by atoms with E-state index in [1.165, 1.54) is 18.3 Å². The topological polar surface area (TPSA) is 108 Å². The number of phenols is 2. The first-order valence-corrected chi connectivity index (χ1v) is 8.77. The van der Waals surface area contributed by atoms with E-state index in [9.17, 15) is 15.0 Å². The molecule has 0 radical (unpaired) electrons. The average Bonchev–Trinajstić information content (AvgIpc) is 2.76. The Bertz CT molecular complexity index is 1220. The van der Waals surface area contributed by atoms with Crippen LogP contribution in [-0.4, -0.2) is 32.3 Å². The molecule has 0 aliphatic heterocycles. The van der Waals surface area contributed by atoms with E-state index in [-0.39, 0.29) is 11.5 Å². The van der Waals surface area contributed by atoms with E-state index in [1.807, 2.05) is 36.4 Å². The van der Waals surface area contributed by atoms with Crippen molar-refractivity contribution in [1.29, 1.82) is 0 Å². The number of aromatic nitrogens is 2. The maximum atomic E-state index is 12.8. The molecule has 3 N–H and O–H groups in total. The molecule has 2 heterocycles. The van der Waals surface area contributed by atoms with Gasteiger partial charge in [-0.05, 0) is 48.0 Å². The van der Waals surface area contributed by atoms with Crippen LogP contribution < -0.4 is 5.43 Å². The van der Waals surface area contributed by atoms with Gasteiger partial charge in [0.2, 0.25) is 0 Å². The van der Waals surface area contributed by atoms with Crippen molar-refractivity contribution >= 4 is 23.0 Å². The molecule has 0 saturated heterocycles. The molecule has 0 unspecified atom stereocenters. The summed E-state index contributed by atoms with van der Waals surface area (Å²) in [6, 6.07) is 17.0. The lowest BCUT2D eigenvalue weighted by Crippen LogP contribution is -2.18. The van der Waals surface area contributed by atoms with E-state index in [2.05, 4.69) is 20.5 Å². The average molecular weight is 384 g/mol. The number of fused-ring (bicyclic) bond motifs is 1. The Morgan fingerprint density at radius 3 is 2.55 bits per heavy atom. The highest BCUT2D eigenvalue weighted by Crippen LogP contribution is 2.25.